The standard InChI is InChI=1S/C20H18Br2Cl2N2O2/c1-20(12-13-3-5-14(22)6-4-13)18(27)26(19(28)25(20)8-2-7-21)17-10-15(23)9-16(24)11-17/h3-6,9-11H,2,7-8,12H2,1H3/t20-/m1/s1. The van der Waals surface area contributed by atoms with Gasteiger partial charge in [0.25, 0.3) is 5.91 Å². The highest BCUT2D eigenvalue weighted by Gasteiger charge is 2.54. The van der Waals surface area contributed by atoms with Gasteiger partial charge in [0.2, 0.25) is 0 Å². The molecule has 0 N–H and O–H groups in total. The summed E-state index contributed by atoms with van der Waals surface area (Å²) in [6.45, 7) is 2.28. The molecule has 148 valence electrons. The number of hydrogen-bond donors (Lipinski definition) is 0. The average Bonchev–Trinajstić information content (AvgIpc) is 2.80. The van der Waals surface area contributed by atoms with Gasteiger partial charge in [-0.25, -0.2) is 9.69 Å². The summed E-state index contributed by atoms with van der Waals surface area (Å²) < 4.78 is 0.960. The largest absolute Gasteiger partial charge is 0.332 e. The van der Waals surface area contributed by atoms with Crippen LogP contribution in [-0.2, 0) is 11.2 Å². The van der Waals surface area contributed by atoms with Crippen LogP contribution in [0.15, 0.2) is 46.9 Å². The molecule has 0 radical (unpaired) electrons. The summed E-state index contributed by atoms with van der Waals surface area (Å²) in [6.07, 6.45) is 1.15. The molecule has 1 fully saturated rings. The van der Waals surface area contributed by atoms with Crippen LogP contribution in [-0.4, -0.2) is 34.3 Å². The zero-order valence-corrected chi connectivity index (χ0v) is 19.8. The van der Waals surface area contributed by atoms with Crippen molar-refractivity contribution in [2.75, 3.05) is 16.8 Å². The molecule has 3 rings (SSSR count). The van der Waals surface area contributed by atoms with Crippen molar-refractivity contribution >= 4 is 72.7 Å². The lowest BCUT2D eigenvalue weighted by molar-refractivity contribution is -0.124. The van der Waals surface area contributed by atoms with Gasteiger partial charge in [-0.15, -0.1) is 0 Å². The van der Waals surface area contributed by atoms with Gasteiger partial charge in [0.15, 0.2) is 0 Å². The summed E-state index contributed by atoms with van der Waals surface area (Å²) in [4.78, 5) is 29.5. The molecule has 0 bridgehead atoms. The molecule has 4 nitrogen and oxygen atoms in total. The Morgan fingerprint density at radius 3 is 2.21 bits per heavy atom. The molecular weight excluding hydrogens is 531 g/mol. The van der Waals surface area contributed by atoms with Crippen LogP contribution in [0.1, 0.15) is 18.9 Å². The summed E-state index contributed by atoms with van der Waals surface area (Å²) in [5.41, 5.74) is 0.361. The Balaban J connectivity index is 2.02. The highest BCUT2D eigenvalue weighted by atomic mass is 79.9. The number of carbonyl (C=O) groups excluding carboxylic acids is 2. The maximum Gasteiger partial charge on any atom is 0.332 e. The SMILES string of the molecule is C[C@@]1(Cc2ccc(Br)cc2)C(=O)N(c2cc(Cl)cc(Cl)c2)C(=O)N1CCCBr. The first-order valence-corrected chi connectivity index (χ1v) is 11.4. The third-order valence-electron chi connectivity index (χ3n) is 4.76. The maximum atomic E-state index is 13.5. The van der Waals surface area contributed by atoms with E-state index in [1.165, 1.54) is 4.90 Å². The highest BCUT2D eigenvalue weighted by Crippen LogP contribution is 2.37. The number of rotatable bonds is 6. The quantitative estimate of drug-likeness (QED) is 0.313. The Kier molecular flexibility index (Phi) is 6.75. The summed E-state index contributed by atoms with van der Waals surface area (Å²) >= 11 is 19.0. The van der Waals surface area contributed by atoms with Gasteiger partial charge in [-0.05, 0) is 49.2 Å². The maximum absolute atomic E-state index is 13.5. The summed E-state index contributed by atoms with van der Waals surface area (Å²) in [6, 6.07) is 12.1. The first-order chi connectivity index (χ1) is 13.3. The van der Waals surface area contributed by atoms with Gasteiger partial charge in [-0.3, -0.25) is 4.79 Å². The number of nitrogens with zero attached hydrogens (tertiary/aromatic N) is 2. The van der Waals surface area contributed by atoms with E-state index in [0.717, 1.165) is 21.8 Å². The molecule has 1 heterocycles. The number of alkyl halides is 1. The van der Waals surface area contributed by atoms with Crippen LogP contribution in [0, 0.1) is 0 Å². The lowest BCUT2D eigenvalue weighted by Gasteiger charge is -2.31. The second-order valence-corrected chi connectivity index (χ2v) is 9.40. The van der Waals surface area contributed by atoms with Gasteiger partial charge in [-0.2, -0.15) is 0 Å². The van der Waals surface area contributed by atoms with E-state index in [2.05, 4.69) is 31.9 Å². The van der Waals surface area contributed by atoms with Crippen molar-refractivity contribution in [1.82, 2.24) is 4.90 Å². The molecule has 28 heavy (non-hydrogen) atoms. The third-order valence-corrected chi connectivity index (χ3v) is 6.29. The highest BCUT2D eigenvalue weighted by molar-refractivity contribution is 9.10. The first kappa shape index (κ1) is 21.6. The number of carbonyl (C=O) groups is 2. The van der Waals surface area contributed by atoms with E-state index in [4.69, 9.17) is 23.2 Å². The molecule has 0 aromatic heterocycles. The fraction of sp³-hybridized carbons (Fsp3) is 0.300. The summed E-state index contributed by atoms with van der Waals surface area (Å²) in [7, 11) is 0. The Labute approximate surface area is 191 Å². The van der Waals surface area contributed by atoms with E-state index < -0.39 is 5.54 Å². The van der Waals surface area contributed by atoms with Gasteiger partial charge in [-0.1, -0.05) is 67.2 Å². The van der Waals surface area contributed by atoms with Crippen LogP contribution < -0.4 is 4.90 Å². The van der Waals surface area contributed by atoms with Gasteiger partial charge in [0.05, 0.1) is 5.69 Å². The zero-order valence-electron chi connectivity index (χ0n) is 15.1. The minimum absolute atomic E-state index is 0.284. The summed E-state index contributed by atoms with van der Waals surface area (Å²) in [5, 5.41) is 1.48. The molecule has 0 unspecified atom stereocenters. The molecular formula is C20H18Br2Cl2N2O2. The Morgan fingerprint density at radius 1 is 1.04 bits per heavy atom. The lowest BCUT2D eigenvalue weighted by Crippen LogP contribution is -2.49. The van der Waals surface area contributed by atoms with E-state index in [1.807, 2.05) is 31.2 Å². The topological polar surface area (TPSA) is 40.6 Å². The molecule has 0 aliphatic carbocycles. The molecule has 0 spiro atoms. The van der Waals surface area contributed by atoms with Crippen LogP contribution in [0.25, 0.3) is 0 Å². The molecule has 2 aromatic rings. The first-order valence-electron chi connectivity index (χ1n) is 8.69. The molecule has 3 amide bonds. The van der Waals surface area contributed by atoms with Crippen molar-refractivity contribution < 1.29 is 9.59 Å². The van der Waals surface area contributed by atoms with Gasteiger partial charge in [0, 0.05) is 32.8 Å². The number of urea groups is 1. The van der Waals surface area contributed by atoms with Crippen molar-refractivity contribution in [2.24, 2.45) is 0 Å². The van der Waals surface area contributed by atoms with Crippen LogP contribution in [0.5, 0.6) is 0 Å². The van der Waals surface area contributed by atoms with Crippen molar-refractivity contribution in [1.29, 1.82) is 0 Å². The number of anilines is 1. The van der Waals surface area contributed by atoms with Gasteiger partial charge < -0.3 is 4.90 Å². The minimum atomic E-state index is -0.998. The van der Waals surface area contributed by atoms with Crippen LogP contribution in [0.4, 0.5) is 10.5 Å². The minimum Gasteiger partial charge on any atom is -0.309 e. The zero-order chi connectivity index (χ0) is 20.5. The van der Waals surface area contributed by atoms with E-state index in [0.29, 0.717) is 28.7 Å². The van der Waals surface area contributed by atoms with E-state index >= 15 is 0 Å². The van der Waals surface area contributed by atoms with Crippen molar-refractivity contribution in [3.05, 3.63) is 62.5 Å². The molecule has 1 aliphatic heterocycles. The number of benzene rings is 2. The average molecular weight is 549 g/mol. The van der Waals surface area contributed by atoms with Crippen molar-refractivity contribution in [3.63, 3.8) is 0 Å². The van der Waals surface area contributed by atoms with Gasteiger partial charge in [0.1, 0.15) is 5.54 Å². The molecule has 2 aromatic carbocycles. The predicted molar refractivity (Wildman–Crippen MR) is 121 cm³/mol. The monoisotopic (exact) mass is 546 g/mol. The molecule has 0 saturated carbocycles. The second-order valence-electron chi connectivity index (χ2n) is 6.82. The lowest BCUT2D eigenvalue weighted by atomic mass is 9.91. The number of imide groups is 1. The van der Waals surface area contributed by atoms with E-state index in [-0.39, 0.29) is 11.9 Å². The molecule has 1 saturated heterocycles. The number of halogens is 4. The molecule has 8 heteroatoms. The molecule has 1 atom stereocenters. The van der Waals surface area contributed by atoms with Crippen molar-refractivity contribution in [2.45, 2.75) is 25.3 Å². The molecule has 1 aliphatic rings. The Morgan fingerprint density at radius 2 is 1.64 bits per heavy atom. The smallest absolute Gasteiger partial charge is 0.309 e. The van der Waals surface area contributed by atoms with E-state index in [1.54, 1.807) is 23.1 Å². The van der Waals surface area contributed by atoms with Crippen LogP contribution in [0.3, 0.4) is 0 Å². The third kappa shape index (κ3) is 4.25. The number of amides is 3. The predicted octanol–water partition coefficient (Wildman–Crippen LogP) is 6.31. The fourth-order valence-electron chi connectivity index (χ4n) is 3.40. The van der Waals surface area contributed by atoms with Crippen molar-refractivity contribution in [3.8, 4) is 0 Å². The second kappa shape index (κ2) is 8.74. The fourth-order valence-corrected chi connectivity index (χ4v) is 4.43. The Bertz CT molecular complexity index is 887. The van der Waals surface area contributed by atoms with Crippen LogP contribution in [0.2, 0.25) is 10.0 Å². The van der Waals surface area contributed by atoms with Crippen LogP contribution >= 0.6 is 55.1 Å². The number of hydrogen-bond acceptors (Lipinski definition) is 2. The Hall–Kier alpha value is -1.08. The normalized spacial score (nSPS) is 19.6. The van der Waals surface area contributed by atoms with Gasteiger partial charge >= 0.3 is 6.03 Å². The van der Waals surface area contributed by atoms with E-state index in [9.17, 15) is 9.59 Å². The summed E-state index contributed by atoms with van der Waals surface area (Å²) in [5.74, 6) is -0.284.